The predicted molar refractivity (Wildman–Crippen MR) is 124 cm³/mol. The summed E-state index contributed by atoms with van der Waals surface area (Å²) in [5, 5.41) is 8.50. The maximum absolute atomic E-state index is 12.9. The van der Waals surface area contributed by atoms with Crippen molar-refractivity contribution in [3.63, 3.8) is 0 Å². The van der Waals surface area contributed by atoms with Crippen molar-refractivity contribution in [1.29, 1.82) is 5.26 Å². The summed E-state index contributed by atoms with van der Waals surface area (Å²) in [6, 6.07) is 10.9. The molecule has 1 aromatic rings. The summed E-state index contributed by atoms with van der Waals surface area (Å²) in [6.07, 6.45) is 15.7. The second-order valence-corrected chi connectivity index (χ2v) is 9.57. The molecular weight excluding hydrogens is 369 g/mol. The molecule has 2 fully saturated rings. The molecule has 0 unspecified atom stereocenters. The number of hydrogen-bond acceptors (Lipinski definition) is 1. The fraction of sp³-hybridized carbons (Fsp3) is 0.607. The molecule has 1 aromatic carbocycles. The van der Waals surface area contributed by atoms with Crippen LogP contribution in [0.3, 0.4) is 0 Å². The lowest BCUT2D eigenvalue weighted by Crippen LogP contribution is -2.22. The Morgan fingerprint density at radius 1 is 1.03 bits per heavy atom. The van der Waals surface area contributed by atoms with Gasteiger partial charge in [0.25, 0.3) is 0 Å². The largest absolute Gasteiger partial charge is 0.196 e. The van der Waals surface area contributed by atoms with E-state index >= 15 is 0 Å². The molecule has 30 heavy (non-hydrogen) atoms. The minimum atomic E-state index is -0.635. The molecule has 1 nitrogen and oxygen atoms in total. The first-order valence-corrected chi connectivity index (χ1v) is 12.1. The summed E-state index contributed by atoms with van der Waals surface area (Å²) in [6.45, 7) is 6.80. The highest BCUT2D eigenvalue weighted by atomic mass is 19.1. The number of aryl methyl sites for hydroxylation is 1. The molecule has 162 valence electrons. The van der Waals surface area contributed by atoms with Crippen LogP contribution in [0, 0.1) is 29.1 Å². The number of allylic oxidation sites excluding steroid dienone is 3. The molecule has 2 saturated carbocycles. The summed E-state index contributed by atoms with van der Waals surface area (Å²) in [7, 11) is 0. The van der Waals surface area contributed by atoms with Gasteiger partial charge < -0.3 is 0 Å². The van der Waals surface area contributed by atoms with Gasteiger partial charge in [-0.3, -0.25) is 0 Å². The number of halogens is 1. The lowest BCUT2D eigenvalue weighted by Gasteiger charge is -2.36. The van der Waals surface area contributed by atoms with Gasteiger partial charge in [0.2, 0.25) is 0 Å². The second kappa shape index (κ2) is 11.5. The second-order valence-electron chi connectivity index (χ2n) is 9.57. The summed E-state index contributed by atoms with van der Waals surface area (Å²) >= 11 is 0. The number of nitrogens with zero attached hydrogens (tertiary/aromatic N) is 1. The van der Waals surface area contributed by atoms with Crippen LogP contribution >= 0.6 is 0 Å². The first-order valence-electron chi connectivity index (χ1n) is 12.1. The van der Waals surface area contributed by atoms with Gasteiger partial charge in [0.15, 0.2) is 5.83 Å². The molecule has 0 aromatic heterocycles. The zero-order valence-corrected chi connectivity index (χ0v) is 18.7. The van der Waals surface area contributed by atoms with Crippen molar-refractivity contribution in [3.05, 3.63) is 59.4 Å². The van der Waals surface area contributed by atoms with Crippen molar-refractivity contribution >= 4 is 0 Å². The lowest BCUT2D eigenvalue weighted by atomic mass is 9.69. The van der Waals surface area contributed by atoms with Crippen LogP contribution in [0.25, 0.3) is 0 Å². The van der Waals surface area contributed by atoms with E-state index in [1.807, 2.05) is 0 Å². The highest BCUT2D eigenvalue weighted by Gasteiger charge is 2.29. The van der Waals surface area contributed by atoms with Crippen LogP contribution in [0.2, 0.25) is 0 Å². The van der Waals surface area contributed by atoms with Gasteiger partial charge in [0, 0.05) is 0 Å². The number of benzene rings is 1. The van der Waals surface area contributed by atoms with Crippen molar-refractivity contribution in [3.8, 4) is 6.07 Å². The molecule has 0 heterocycles. The van der Waals surface area contributed by atoms with Crippen LogP contribution < -0.4 is 0 Å². The van der Waals surface area contributed by atoms with Gasteiger partial charge in [-0.2, -0.15) is 9.65 Å². The van der Waals surface area contributed by atoms with E-state index in [4.69, 9.17) is 5.26 Å². The third kappa shape index (κ3) is 6.31. The van der Waals surface area contributed by atoms with E-state index in [0.717, 1.165) is 12.3 Å². The highest BCUT2D eigenvalue weighted by molar-refractivity contribution is 5.26. The molecule has 0 N–H and O–H groups in total. The molecule has 0 saturated heterocycles. The average Bonchev–Trinajstić information content (AvgIpc) is 2.80. The molecule has 0 atom stereocenters. The molecule has 3 rings (SSSR count). The van der Waals surface area contributed by atoms with E-state index in [-0.39, 0.29) is 0 Å². The Balaban J connectivity index is 1.41. The van der Waals surface area contributed by atoms with Crippen molar-refractivity contribution in [1.82, 2.24) is 0 Å². The van der Waals surface area contributed by atoms with Crippen LogP contribution in [0.1, 0.15) is 94.6 Å². The Labute approximate surface area is 183 Å². The maximum Gasteiger partial charge on any atom is 0.196 e. The Morgan fingerprint density at radius 3 is 2.20 bits per heavy atom. The van der Waals surface area contributed by atoms with Gasteiger partial charge in [-0.1, -0.05) is 49.8 Å². The topological polar surface area (TPSA) is 23.8 Å². The number of hydrogen-bond donors (Lipinski definition) is 0. The third-order valence-corrected chi connectivity index (χ3v) is 7.62. The van der Waals surface area contributed by atoms with Crippen LogP contribution in [0.4, 0.5) is 4.39 Å². The van der Waals surface area contributed by atoms with Gasteiger partial charge in [0.1, 0.15) is 6.07 Å². The first kappa shape index (κ1) is 22.8. The van der Waals surface area contributed by atoms with Crippen LogP contribution in [0.15, 0.2) is 48.3 Å². The minimum Gasteiger partial charge on any atom is -0.195 e. The zero-order valence-electron chi connectivity index (χ0n) is 18.7. The van der Waals surface area contributed by atoms with Crippen molar-refractivity contribution in [2.75, 3.05) is 0 Å². The van der Waals surface area contributed by atoms with Crippen LogP contribution in [-0.4, -0.2) is 0 Å². The smallest absolute Gasteiger partial charge is 0.195 e. The van der Waals surface area contributed by atoms with Gasteiger partial charge in [0.05, 0.1) is 0 Å². The molecule has 0 spiro atoms. The molecule has 0 bridgehead atoms. The van der Waals surface area contributed by atoms with Gasteiger partial charge >= 0.3 is 0 Å². The normalized spacial score (nSPS) is 27.4. The van der Waals surface area contributed by atoms with Crippen LogP contribution in [-0.2, 0) is 6.42 Å². The maximum atomic E-state index is 12.9. The summed E-state index contributed by atoms with van der Waals surface area (Å²) < 4.78 is 12.9. The van der Waals surface area contributed by atoms with Crippen molar-refractivity contribution in [2.45, 2.75) is 89.9 Å². The van der Waals surface area contributed by atoms with Crippen LogP contribution in [0.5, 0.6) is 0 Å². The van der Waals surface area contributed by atoms with E-state index in [1.54, 1.807) is 6.07 Å². The average molecular weight is 408 g/mol. The van der Waals surface area contributed by atoms with Gasteiger partial charge in [-0.05, 0) is 112 Å². The molecule has 0 aliphatic heterocycles. The molecule has 2 aliphatic rings. The Hall–Kier alpha value is -1.88. The standard InChI is InChI=1S/C28H38FN/c1-3-5-22-10-14-26(15-11-22)27-18-16-25(17-19-27)21(2)24-12-8-23(9-13-24)6-4-7-28(29)20-30/h7,10-11,14-15,23-25,27H,2-6,8-9,12-13,16-19H2,1H3/b28-7-. The highest BCUT2D eigenvalue weighted by Crippen LogP contribution is 2.44. The summed E-state index contributed by atoms with van der Waals surface area (Å²) in [5.41, 5.74) is 4.51. The Bertz CT molecular complexity index is 738. The van der Waals surface area contributed by atoms with E-state index in [0.29, 0.717) is 24.2 Å². The molecule has 0 amide bonds. The Morgan fingerprint density at radius 2 is 1.63 bits per heavy atom. The van der Waals surface area contributed by atoms with E-state index < -0.39 is 5.83 Å². The predicted octanol–water partition coefficient (Wildman–Crippen LogP) is 8.43. The fourth-order valence-corrected chi connectivity index (χ4v) is 5.69. The number of nitriles is 1. The molecule has 2 heteroatoms. The fourth-order valence-electron chi connectivity index (χ4n) is 5.69. The molecular formula is C28H38FN. The van der Waals surface area contributed by atoms with Crippen molar-refractivity contribution < 1.29 is 4.39 Å². The van der Waals surface area contributed by atoms with E-state index in [2.05, 4.69) is 37.8 Å². The van der Waals surface area contributed by atoms with E-state index in [1.165, 1.54) is 87.0 Å². The van der Waals surface area contributed by atoms with Gasteiger partial charge in [-0.15, -0.1) is 0 Å². The van der Waals surface area contributed by atoms with E-state index in [9.17, 15) is 4.39 Å². The monoisotopic (exact) mass is 407 g/mol. The summed E-state index contributed by atoms with van der Waals surface area (Å²) in [5.74, 6) is 2.16. The number of rotatable bonds is 8. The van der Waals surface area contributed by atoms with Gasteiger partial charge in [-0.25, -0.2) is 0 Å². The zero-order chi connectivity index (χ0) is 21.3. The Kier molecular flexibility index (Phi) is 8.74. The quantitative estimate of drug-likeness (QED) is 0.313. The minimum absolute atomic E-state index is 0.635. The molecule has 0 radical (unpaired) electrons. The summed E-state index contributed by atoms with van der Waals surface area (Å²) in [4.78, 5) is 0. The first-order chi connectivity index (χ1) is 14.6. The lowest BCUT2D eigenvalue weighted by molar-refractivity contribution is 0.260. The molecule has 2 aliphatic carbocycles. The van der Waals surface area contributed by atoms with Crippen molar-refractivity contribution in [2.24, 2.45) is 17.8 Å². The SMILES string of the molecule is C=C(C1CCC(CC/C=C(\F)C#N)CC1)C1CCC(c2ccc(CCC)cc2)CC1. The third-order valence-electron chi connectivity index (χ3n) is 7.62.